The van der Waals surface area contributed by atoms with E-state index in [0.717, 1.165) is 12.0 Å². The van der Waals surface area contributed by atoms with Crippen LogP contribution >= 0.6 is 0 Å². The van der Waals surface area contributed by atoms with Crippen molar-refractivity contribution in [2.75, 3.05) is 17.2 Å². The van der Waals surface area contributed by atoms with E-state index in [1.54, 1.807) is 6.07 Å². The molecule has 0 aromatic heterocycles. The maximum Gasteiger partial charge on any atom is 0.262 e. The summed E-state index contributed by atoms with van der Waals surface area (Å²) in [5.74, 6) is -0.354. The van der Waals surface area contributed by atoms with Crippen LogP contribution in [0.2, 0.25) is 0 Å². The molecule has 2 aromatic carbocycles. The zero-order chi connectivity index (χ0) is 20.3. The number of fused-ring (bicyclic) bond motifs is 1. The Labute approximate surface area is 164 Å². The Hall–Kier alpha value is -2.87. The molecule has 0 saturated heterocycles. The van der Waals surface area contributed by atoms with Gasteiger partial charge in [0.15, 0.2) is 16.4 Å². The van der Waals surface area contributed by atoms with Crippen molar-refractivity contribution < 1.29 is 22.7 Å². The predicted octanol–water partition coefficient (Wildman–Crippen LogP) is 2.77. The number of para-hydroxylation sites is 1. The molecule has 2 amide bonds. The molecule has 0 saturated carbocycles. The number of ether oxygens (including phenoxy) is 1. The summed E-state index contributed by atoms with van der Waals surface area (Å²) in [5, 5.41) is 4.49. The maximum absolute atomic E-state index is 12.9. The Kier molecular flexibility index (Phi) is 5.69. The topological polar surface area (TPSA) is 102 Å². The number of hydrogen-bond donors (Lipinski definition) is 2. The molecule has 1 aliphatic heterocycles. The highest BCUT2D eigenvalue weighted by Crippen LogP contribution is 2.32. The molecule has 1 aliphatic rings. The number of rotatable bonds is 6. The SMILES string of the molecule is CCc1ccccc1NC(=O)CC(C)S(=O)(=O)c1ccc2c(c1)OCC(=O)N2. The lowest BCUT2D eigenvalue weighted by molar-refractivity contribution is -0.118. The Morgan fingerprint density at radius 2 is 2.00 bits per heavy atom. The van der Waals surface area contributed by atoms with E-state index in [1.807, 2.05) is 25.1 Å². The summed E-state index contributed by atoms with van der Waals surface area (Å²) in [4.78, 5) is 23.8. The lowest BCUT2D eigenvalue weighted by Gasteiger charge is -2.19. The number of hydrogen-bond acceptors (Lipinski definition) is 5. The molecular weight excluding hydrogens is 380 g/mol. The van der Waals surface area contributed by atoms with Gasteiger partial charge in [0.1, 0.15) is 5.75 Å². The summed E-state index contributed by atoms with van der Waals surface area (Å²) in [5.41, 5.74) is 2.11. The quantitative estimate of drug-likeness (QED) is 0.774. The molecule has 8 heteroatoms. The van der Waals surface area contributed by atoms with Crippen LogP contribution in [0.15, 0.2) is 47.4 Å². The molecule has 1 heterocycles. The second kappa shape index (κ2) is 8.02. The van der Waals surface area contributed by atoms with E-state index in [1.165, 1.54) is 25.1 Å². The second-order valence-corrected chi connectivity index (χ2v) is 8.98. The number of nitrogens with one attached hydrogen (secondary N) is 2. The van der Waals surface area contributed by atoms with E-state index < -0.39 is 15.1 Å². The average molecular weight is 402 g/mol. The van der Waals surface area contributed by atoms with Crippen molar-refractivity contribution in [3.8, 4) is 5.75 Å². The van der Waals surface area contributed by atoms with Crippen LogP contribution in [-0.4, -0.2) is 32.1 Å². The minimum absolute atomic E-state index is 0.0525. The molecule has 0 fully saturated rings. The molecule has 0 aliphatic carbocycles. The lowest BCUT2D eigenvalue weighted by atomic mass is 10.1. The predicted molar refractivity (Wildman–Crippen MR) is 106 cm³/mol. The molecule has 7 nitrogen and oxygen atoms in total. The van der Waals surface area contributed by atoms with Crippen LogP contribution in [0.25, 0.3) is 0 Å². The summed E-state index contributed by atoms with van der Waals surface area (Å²) < 4.78 is 31.0. The van der Waals surface area contributed by atoms with Gasteiger partial charge in [0.25, 0.3) is 5.91 Å². The van der Waals surface area contributed by atoms with E-state index in [9.17, 15) is 18.0 Å². The van der Waals surface area contributed by atoms with Crippen molar-refractivity contribution in [2.45, 2.75) is 36.8 Å². The van der Waals surface area contributed by atoms with Gasteiger partial charge in [-0.2, -0.15) is 0 Å². The van der Waals surface area contributed by atoms with Gasteiger partial charge in [0, 0.05) is 18.2 Å². The van der Waals surface area contributed by atoms with Gasteiger partial charge in [-0.3, -0.25) is 9.59 Å². The third kappa shape index (κ3) is 4.17. The fraction of sp³-hybridized carbons (Fsp3) is 0.300. The number of aryl methyl sites for hydroxylation is 1. The highest BCUT2D eigenvalue weighted by Gasteiger charge is 2.28. The van der Waals surface area contributed by atoms with Crippen molar-refractivity contribution in [2.24, 2.45) is 0 Å². The summed E-state index contributed by atoms with van der Waals surface area (Å²) in [6.45, 7) is 3.33. The smallest absolute Gasteiger partial charge is 0.262 e. The van der Waals surface area contributed by atoms with Gasteiger partial charge in [-0.15, -0.1) is 0 Å². The molecule has 0 radical (unpaired) electrons. The van der Waals surface area contributed by atoms with Crippen molar-refractivity contribution in [3.63, 3.8) is 0 Å². The summed E-state index contributed by atoms with van der Waals surface area (Å²) in [6, 6.07) is 11.7. The van der Waals surface area contributed by atoms with Gasteiger partial charge in [0.2, 0.25) is 5.91 Å². The average Bonchev–Trinajstić information content (AvgIpc) is 2.67. The number of sulfone groups is 1. The molecule has 1 unspecified atom stereocenters. The normalized spacial score (nSPS) is 14.4. The van der Waals surface area contributed by atoms with E-state index >= 15 is 0 Å². The Morgan fingerprint density at radius 1 is 1.25 bits per heavy atom. The number of carbonyl (C=O) groups is 2. The van der Waals surface area contributed by atoms with Crippen molar-refractivity contribution in [1.29, 1.82) is 0 Å². The third-order valence-corrected chi connectivity index (χ3v) is 6.73. The summed E-state index contributed by atoms with van der Waals surface area (Å²) >= 11 is 0. The fourth-order valence-electron chi connectivity index (χ4n) is 2.99. The van der Waals surface area contributed by atoms with E-state index in [0.29, 0.717) is 17.1 Å². The first-order valence-corrected chi connectivity index (χ1v) is 10.5. The van der Waals surface area contributed by atoms with Crippen molar-refractivity contribution in [3.05, 3.63) is 48.0 Å². The van der Waals surface area contributed by atoms with Crippen LogP contribution in [-0.2, 0) is 25.8 Å². The summed E-state index contributed by atoms with van der Waals surface area (Å²) in [7, 11) is -3.74. The highest BCUT2D eigenvalue weighted by atomic mass is 32.2. The maximum atomic E-state index is 12.9. The number of amides is 2. The monoisotopic (exact) mass is 402 g/mol. The first-order valence-electron chi connectivity index (χ1n) is 8.99. The Morgan fingerprint density at radius 3 is 2.75 bits per heavy atom. The zero-order valence-electron chi connectivity index (χ0n) is 15.7. The van der Waals surface area contributed by atoms with Gasteiger partial charge in [-0.05, 0) is 37.1 Å². The summed E-state index contributed by atoms with van der Waals surface area (Å²) in [6.07, 6.45) is 0.588. The van der Waals surface area contributed by atoms with Crippen LogP contribution in [0.5, 0.6) is 5.75 Å². The molecule has 0 spiro atoms. The van der Waals surface area contributed by atoms with Gasteiger partial charge < -0.3 is 15.4 Å². The second-order valence-electron chi connectivity index (χ2n) is 6.61. The molecule has 0 bridgehead atoms. The fourth-order valence-corrected chi connectivity index (χ4v) is 4.35. The van der Waals surface area contributed by atoms with Crippen molar-refractivity contribution >= 4 is 33.0 Å². The molecule has 148 valence electrons. The third-order valence-electron chi connectivity index (χ3n) is 4.59. The highest BCUT2D eigenvalue weighted by molar-refractivity contribution is 7.92. The molecule has 28 heavy (non-hydrogen) atoms. The van der Waals surface area contributed by atoms with E-state index in [4.69, 9.17) is 4.74 Å². The minimum Gasteiger partial charge on any atom is -0.482 e. The van der Waals surface area contributed by atoms with Crippen LogP contribution < -0.4 is 15.4 Å². The van der Waals surface area contributed by atoms with Gasteiger partial charge in [-0.25, -0.2) is 8.42 Å². The first kappa shape index (κ1) is 19.9. The van der Waals surface area contributed by atoms with Crippen LogP contribution in [0.3, 0.4) is 0 Å². The largest absolute Gasteiger partial charge is 0.482 e. The lowest BCUT2D eigenvalue weighted by Crippen LogP contribution is -2.27. The molecule has 3 rings (SSSR count). The van der Waals surface area contributed by atoms with E-state index in [2.05, 4.69) is 10.6 Å². The van der Waals surface area contributed by atoms with E-state index in [-0.39, 0.29) is 29.7 Å². The van der Waals surface area contributed by atoms with Gasteiger partial charge in [0.05, 0.1) is 15.8 Å². The number of carbonyl (C=O) groups excluding carboxylic acids is 2. The van der Waals surface area contributed by atoms with Crippen LogP contribution in [0.4, 0.5) is 11.4 Å². The van der Waals surface area contributed by atoms with Gasteiger partial charge >= 0.3 is 0 Å². The van der Waals surface area contributed by atoms with Crippen molar-refractivity contribution in [1.82, 2.24) is 0 Å². The zero-order valence-corrected chi connectivity index (χ0v) is 16.5. The number of benzene rings is 2. The minimum atomic E-state index is -3.74. The van der Waals surface area contributed by atoms with Crippen LogP contribution in [0.1, 0.15) is 25.8 Å². The number of anilines is 2. The Bertz CT molecular complexity index is 1020. The Balaban J connectivity index is 1.73. The molecule has 2 aromatic rings. The molecule has 2 N–H and O–H groups in total. The van der Waals surface area contributed by atoms with Crippen LogP contribution in [0, 0.1) is 0 Å². The molecular formula is C20H22N2O5S. The standard InChI is InChI=1S/C20H22N2O5S/c1-3-14-6-4-5-7-16(14)21-19(23)10-13(2)28(25,26)15-8-9-17-18(11-15)27-12-20(24)22-17/h4-9,11,13H,3,10,12H2,1-2H3,(H,21,23)(H,22,24). The molecule has 1 atom stereocenters. The van der Waals surface area contributed by atoms with Gasteiger partial charge in [-0.1, -0.05) is 25.1 Å². The first-order chi connectivity index (χ1) is 13.3.